The van der Waals surface area contributed by atoms with Crippen molar-refractivity contribution < 1.29 is 14.6 Å². The molecule has 0 amide bonds. The van der Waals surface area contributed by atoms with E-state index >= 15 is 0 Å². The molecule has 25 heavy (non-hydrogen) atoms. The maximum atomic E-state index is 11.4. The second kappa shape index (κ2) is 20.0. The Morgan fingerprint density at radius 1 is 0.920 bits per heavy atom. The second-order valence-electron chi connectivity index (χ2n) is 6.83. The van der Waals surface area contributed by atoms with Gasteiger partial charge >= 0.3 is 5.97 Å². The number of hydrogen-bond acceptors (Lipinski definition) is 3. The van der Waals surface area contributed by atoms with Gasteiger partial charge in [0.05, 0.1) is 6.10 Å². The Morgan fingerprint density at radius 3 is 2.00 bits per heavy atom. The number of carbonyl (C=O) groups is 1. The van der Waals surface area contributed by atoms with Gasteiger partial charge in [-0.05, 0) is 32.1 Å². The van der Waals surface area contributed by atoms with Gasteiger partial charge in [0.15, 0.2) is 0 Å². The first kappa shape index (κ1) is 24.7. The summed E-state index contributed by atoms with van der Waals surface area (Å²) < 4.78 is 4.99. The van der Waals surface area contributed by atoms with E-state index in [0.29, 0.717) is 11.8 Å². The van der Waals surface area contributed by atoms with Crippen LogP contribution in [0.2, 0.25) is 0 Å². The van der Waals surface area contributed by atoms with E-state index in [-0.39, 0.29) is 12.6 Å². The average molecular weight is 419 g/mol. The lowest BCUT2D eigenvalue weighted by molar-refractivity contribution is -0.146. The Hall–Kier alpha value is -0.350. The Labute approximate surface area is 163 Å². The largest absolute Gasteiger partial charge is 0.463 e. The minimum Gasteiger partial charge on any atom is -0.463 e. The van der Waals surface area contributed by atoms with Gasteiger partial charge in [-0.2, -0.15) is 0 Å². The minimum atomic E-state index is -0.599. The highest BCUT2D eigenvalue weighted by Gasteiger charge is 2.07. The lowest BCUT2D eigenvalue weighted by Gasteiger charge is -2.08. The van der Waals surface area contributed by atoms with Crippen molar-refractivity contribution in [2.45, 2.75) is 103 Å². The number of esters is 1. The quantitative estimate of drug-likeness (QED) is 0.122. The van der Waals surface area contributed by atoms with Crippen LogP contribution in [-0.4, -0.2) is 29.1 Å². The van der Waals surface area contributed by atoms with E-state index < -0.39 is 6.10 Å². The van der Waals surface area contributed by atoms with Gasteiger partial charge in [0.25, 0.3) is 0 Å². The molecule has 0 rings (SSSR count). The predicted molar refractivity (Wildman–Crippen MR) is 110 cm³/mol. The Kier molecular flexibility index (Phi) is 19.7. The van der Waals surface area contributed by atoms with Gasteiger partial charge < -0.3 is 9.84 Å². The summed E-state index contributed by atoms with van der Waals surface area (Å²) in [4.78, 5) is 11.4. The summed E-state index contributed by atoms with van der Waals surface area (Å²) >= 11 is 3.14. The first-order valence-corrected chi connectivity index (χ1v) is 11.4. The number of alkyl halides is 1. The summed E-state index contributed by atoms with van der Waals surface area (Å²) in [5, 5.41) is 9.72. The van der Waals surface area contributed by atoms with Gasteiger partial charge in [0.1, 0.15) is 6.61 Å². The fourth-order valence-corrected chi connectivity index (χ4v) is 2.83. The van der Waals surface area contributed by atoms with Crippen molar-refractivity contribution in [3.05, 3.63) is 12.2 Å². The highest BCUT2D eigenvalue weighted by atomic mass is 79.9. The first-order chi connectivity index (χ1) is 12.2. The molecule has 0 aromatic carbocycles. The lowest BCUT2D eigenvalue weighted by Crippen LogP contribution is -2.19. The molecule has 0 spiro atoms. The van der Waals surface area contributed by atoms with Crippen LogP contribution in [0.4, 0.5) is 0 Å². The molecule has 0 bridgehead atoms. The van der Waals surface area contributed by atoms with E-state index in [0.717, 1.165) is 12.8 Å². The maximum Gasteiger partial charge on any atom is 0.305 e. The zero-order valence-electron chi connectivity index (χ0n) is 16.2. The van der Waals surface area contributed by atoms with Gasteiger partial charge in [-0.3, -0.25) is 4.79 Å². The molecule has 0 unspecified atom stereocenters. The normalized spacial score (nSPS) is 12.6. The monoisotopic (exact) mass is 418 g/mol. The summed E-state index contributed by atoms with van der Waals surface area (Å²) in [7, 11) is 0. The SMILES string of the molecule is CCCCCCCC/C=C\CCCCCCCC(=O)OC[C@H](O)CBr. The molecule has 1 atom stereocenters. The van der Waals surface area contributed by atoms with Crippen molar-refractivity contribution in [3.63, 3.8) is 0 Å². The standard InChI is InChI=1S/C21H39BrO3/c1-2-3-4-5-6-7-8-9-10-11-12-13-14-15-16-17-21(24)25-19-20(23)18-22/h9-10,20,23H,2-8,11-19H2,1H3/b10-9-/t20-/m1/s1. The number of ether oxygens (including phenoxy) is 1. The number of allylic oxidation sites excluding steroid dienone is 2. The number of rotatable bonds is 18. The molecular formula is C21H39BrO3. The van der Waals surface area contributed by atoms with Crippen LogP contribution in [0.5, 0.6) is 0 Å². The molecule has 0 aromatic rings. The Balaban J connectivity index is 3.22. The summed E-state index contributed by atoms with van der Waals surface area (Å²) in [6.07, 6.45) is 20.8. The fourth-order valence-electron chi connectivity index (χ4n) is 2.65. The molecule has 0 aliphatic heterocycles. The number of carbonyl (C=O) groups excluding carboxylic acids is 1. The molecule has 0 saturated heterocycles. The average Bonchev–Trinajstić information content (AvgIpc) is 2.62. The number of halogens is 1. The van der Waals surface area contributed by atoms with Crippen LogP contribution >= 0.6 is 15.9 Å². The second-order valence-corrected chi connectivity index (χ2v) is 7.47. The molecule has 0 saturated carbocycles. The van der Waals surface area contributed by atoms with Crippen molar-refractivity contribution in [1.29, 1.82) is 0 Å². The summed E-state index contributed by atoms with van der Waals surface area (Å²) in [5.41, 5.74) is 0. The van der Waals surface area contributed by atoms with Gasteiger partial charge in [0.2, 0.25) is 0 Å². The van der Waals surface area contributed by atoms with E-state index in [1.807, 2.05) is 0 Å². The number of aliphatic hydroxyl groups is 1. The number of aliphatic hydroxyl groups excluding tert-OH is 1. The highest BCUT2D eigenvalue weighted by Crippen LogP contribution is 2.10. The smallest absolute Gasteiger partial charge is 0.305 e. The molecule has 0 heterocycles. The molecule has 0 aromatic heterocycles. The van der Waals surface area contributed by atoms with Gasteiger partial charge in [0, 0.05) is 11.8 Å². The highest BCUT2D eigenvalue weighted by molar-refractivity contribution is 9.09. The van der Waals surface area contributed by atoms with Crippen LogP contribution in [0, 0.1) is 0 Å². The van der Waals surface area contributed by atoms with Crippen LogP contribution in [-0.2, 0) is 9.53 Å². The Bertz CT molecular complexity index is 318. The van der Waals surface area contributed by atoms with Gasteiger partial charge in [-0.25, -0.2) is 0 Å². The molecule has 0 aliphatic carbocycles. The third-order valence-electron chi connectivity index (χ3n) is 4.26. The van der Waals surface area contributed by atoms with Crippen LogP contribution in [0.15, 0.2) is 12.2 Å². The van der Waals surface area contributed by atoms with Crippen molar-refractivity contribution in [2.75, 3.05) is 11.9 Å². The van der Waals surface area contributed by atoms with Crippen molar-refractivity contribution >= 4 is 21.9 Å². The van der Waals surface area contributed by atoms with E-state index in [4.69, 9.17) is 4.74 Å². The van der Waals surface area contributed by atoms with Crippen LogP contribution < -0.4 is 0 Å². The summed E-state index contributed by atoms with van der Waals surface area (Å²) in [6.45, 7) is 2.35. The molecule has 4 heteroatoms. The van der Waals surface area contributed by atoms with E-state index in [2.05, 4.69) is 35.0 Å². The molecule has 0 aliphatic rings. The summed E-state index contributed by atoms with van der Waals surface area (Å²) in [6, 6.07) is 0. The van der Waals surface area contributed by atoms with Crippen molar-refractivity contribution in [2.24, 2.45) is 0 Å². The van der Waals surface area contributed by atoms with Crippen LogP contribution in [0.1, 0.15) is 96.8 Å². The van der Waals surface area contributed by atoms with E-state index in [1.165, 1.54) is 70.6 Å². The first-order valence-electron chi connectivity index (χ1n) is 10.2. The van der Waals surface area contributed by atoms with Crippen molar-refractivity contribution in [3.8, 4) is 0 Å². The van der Waals surface area contributed by atoms with Crippen molar-refractivity contribution in [1.82, 2.24) is 0 Å². The maximum absolute atomic E-state index is 11.4. The number of hydrogen-bond donors (Lipinski definition) is 1. The lowest BCUT2D eigenvalue weighted by atomic mass is 10.1. The van der Waals surface area contributed by atoms with E-state index in [1.54, 1.807) is 0 Å². The number of unbranched alkanes of at least 4 members (excludes halogenated alkanes) is 11. The molecular weight excluding hydrogens is 380 g/mol. The fraction of sp³-hybridized carbons (Fsp3) is 0.857. The van der Waals surface area contributed by atoms with E-state index in [9.17, 15) is 9.90 Å². The molecule has 0 radical (unpaired) electrons. The van der Waals surface area contributed by atoms with Gasteiger partial charge in [-0.1, -0.05) is 86.4 Å². The molecule has 0 fully saturated rings. The molecule has 3 nitrogen and oxygen atoms in total. The predicted octanol–water partition coefficient (Wildman–Crippen LogP) is 6.32. The summed E-state index contributed by atoms with van der Waals surface area (Å²) in [5.74, 6) is -0.197. The third-order valence-corrected chi connectivity index (χ3v) is 5.00. The van der Waals surface area contributed by atoms with Crippen LogP contribution in [0.3, 0.4) is 0 Å². The zero-order valence-corrected chi connectivity index (χ0v) is 17.8. The molecule has 1 N–H and O–H groups in total. The topological polar surface area (TPSA) is 46.5 Å². The Morgan fingerprint density at radius 2 is 1.44 bits per heavy atom. The third kappa shape index (κ3) is 19.8. The van der Waals surface area contributed by atoms with Crippen LogP contribution in [0.25, 0.3) is 0 Å². The van der Waals surface area contributed by atoms with Gasteiger partial charge in [-0.15, -0.1) is 0 Å². The minimum absolute atomic E-state index is 0.0924. The zero-order chi connectivity index (χ0) is 18.6. The molecule has 148 valence electrons.